The molecule has 0 saturated carbocycles. The third kappa shape index (κ3) is 1.39. The van der Waals surface area contributed by atoms with Gasteiger partial charge in [0.1, 0.15) is 0 Å². The molecule has 0 aromatic carbocycles. The Kier molecular flexibility index (Phi) is 2.20. The van der Waals surface area contributed by atoms with E-state index < -0.39 is 8.60 Å². The molecule has 0 aliphatic carbocycles. The lowest BCUT2D eigenvalue weighted by atomic mass is 10.5. The molecular weight excluding hydrogens is 127 g/mol. The van der Waals surface area contributed by atoms with E-state index in [1.54, 1.807) is 7.11 Å². The van der Waals surface area contributed by atoms with Gasteiger partial charge in [-0.1, -0.05) is 0 Å². The van der Waals surface area contributed by atoms with Gasteiger partial charge in [-0.15, -0.1) is 0 Å². The molecule has 0 spiro atoms. The van der Waals surface area contributed by atoms with E-state index in [0.29, 0.717) is 6.61 Å². The maximum Gasteiger partial charge on any atom is 0.332 e. The summed E-state index contributed by atoms with van der Waals surface area (Å²) in [6.45, 7) is 2.63. The Morgan fingerprint density at radius 1 is 1.75 bits per heavy atom. The van der Waals surface area contributed by atoms with Gasteiger partial charge in [-0.2, -0.15) is 0 Å². The SMILES string of the molecule is COP1OCC(C)O1. The molecule has 48 valence electrons. The number of rotatable bonds is 1. The molecule has 1 saturated heterocycles. The second-order valence-corrected chi connectivity index (χ2v) is 2.90. The molecule has 2 atom stereocenters. The minimum atomic E-state index is -0.982. The maximum absolute atomic E-state index is 5.13. The highest BCUT2D eigenvalue weighted by Crippen LogP contribution is 2.44. The highest BCUT2D eigenvalue weighted by molar-refractivity contribution is 7.41. The molecule has 0 amide bonds. The van der Waals surface area contributed by atoms with Crippen molar-refractivity contribution in [3.05, 3.63) is 0 Å². The first-order valence-corrected chi connectivity index (χ1v) is 3.56. The molecule has 1 aliphatic heterocycles. The average molecular weight is 136 g/mol. The van der Waals surface area contributed by atoms with E-state index in [-0.39, 0.29) is 6.10 Å². The fourth-order valence-electron chi connectivity index (χ4n) is 0.469. The van der Waals surface area contributed by atoms with Gasteiger partial charge in [0, 0.05) is 7.11 Å². The lowest BCUT2D eigenvalue weighted by molar-refractivity contribution is 0.248. The van der Waals surface area contributed by atoms with Crippen molar-refractivity contribution in [2.75, 3.05) is 13.7 Å². The first kappa shape index (κ1) is 6.43. The molecule has 3 nitrogen and oxygen atoms in total. The second kappa shape index (κ2) is 2.74. The number of hydrogen-bond acceptors (Lipinski definition) is 3. The van der Waals surface area contributed by atoms with E-state index in [9.17, 15) is 0 Å². The van der Waals surface area contributed by atoms with Gasteiger partial charge in [0.25, 0.3) is 0 Å². The third-order valence-corrected chi connectivity index (χ3v) is 2.02. The Morgan fingerprint density at radius 3 is 2.75 bits per heavy atom. The van der Waals surface area contributed by atoms with Gasteiger partial charge >= 0.3 is 8.60 Å². The highest BCUT2D eigenvalue weighted by atomic mass is 31.2. The summed E-state index contributed by atoms with van der Waals surface area (Å²) < 4.78 is 15.0. The standard InChI is InChI=1S/C4H9O3P/c1-4-3-6-8(5-2)7-4/h4H,3H2,1-2H3. The average Bonchev–Trinajstić information content (AvgIpc) is 2.14. The van der Waals surface area contributed by atoms with Crippen molar-refractivity contribution < 1.29 is 13.6 Å². The van der Waals surface area contributed by atoms with Crippen LogP contribution in [0.1, 0.15) is 6.92 Å². The summed E-state index contributed by atoms with van der Waals surface area (Å²) in [5.74, 6) is 0. The Labute approximate surface area is 49.9 Å². The van der Waals surface area contributed by atoms with Crippen molar-refractivity contribution >= 4 is 8.60 Å². The maximum atomic E-state index is 5.13. The van der Waals surface area contributed by atoms with Crippen LogP contribution < -0.4 is 0 Å². The molecule has 0 radical (unpaired) electrons. The summed E-state index contributed by atoms with van der Waals surface area (Å²) in [6, 6.07) is 0. The van der Waals surface area contributed by atoms with Crippen molar-refractivity contribution in [3.63, 3.8) is 0 Å². The Hall–Kier alpha value is 0.310. The van der Waals surface area contributed by atoms with Crippen LogP contribution in [0.25, 0.3) is 0 Å². The zero-order valence-electron chi connectivity index (χ0n) is 4.96. The minimum absolute atomic E-state index is 0.209. The number of hydrogen-bond donors (Lipinski definition) is 0. The van der Waals surface area contributed by atoms with Crippen LogP contribution in [-0.4, -0.2) is 19.8 Å². The van der Waals surface area contributed by atoms with Crippen LogP contribution in [0.2, 0.25) is 0 Å². The quantitative estimate of drug-likeness (QED) is 0.508. The lowest BCUT2D eigenvalue weighted by Gasteiger charge is -2.01. The van der Waals surface area contributed by atoms with Gasteiger partial charge in [0.2, 0.25) is 0 Å². The zero-order valence-corrected chi connectivity index (χ0v) is 5.85. The van der Waals surface area contributed by atoms with E-state index >= 15 is 0 Å². The summed E-state index contributed by atoms with van der Waals surface area (Å²) in [6.07, 6.45) is 0.209. The molecular formula is C4H9O3P. The van der Waals surface area contributed by atoms with Crippen LogP contribution in [-0.2, 0) is 13.6 Å². The van der Waals surface area contributed by atoms with Crippen LogP contribution in [0, 0.1) is 0 Å². The fraction of sp³-hybridized carbons (Fsp3) is 1.00. The normalized spacial score (nSPS) is 38.2. The van der Waals surface area contributed by atoms with Crippen LogP contribution in [0.15, 0.2) is 0 Å². The molecule has 0 aromatic heterocycles. The molecule has 0 aromatic rings. The van der Waals surface area contributed by atoms with E-state index in [0.717, 1.165) is 0 Å². The first-order valence-electron chi connectivity index (χ1n) is 2.47. The predicted octanol–water partition coefficient (Wildman–Crippen LogP) is 1.29. The van der Waals surface area contributed by atoms with Crippen molar-refractivity contribution in [1.82, 2.24) is 0 Å². The topological polar surface area (TPSA) is 27.7 Å². The Morgan fingerprint density at radius 2 is 2.50 bits per heavy atom. The zero-order chi connectivity index (χ0) is 5.98. The van der Waals surface area contributed by atoms with Gasteiger partial charge in [-0.05, 0) is 6.92 Å². The molecule has 8 heavy (non-hydrogen) atoms. The molecule has 4 heteroatoms. The van der Waals surface area contributed by atoms with Crippen molar-refractivity contribution in [1.29, 1.82) is 0 Å². The fourth-order valence-corrected chi connectivity index (χ4v) is 1.41. The van der Waals surface area contributed by atoms with Crippen LogP contribution in [0.4, 0.5) is 0 Å². The molecule has 0 bridgehead atoms. The molecule has 1 rings (SSSR count). The monoisotopic (exact) mass is 136 g/mol. The predicted molar refractivity (Wildman–Crippen MR) is 30.4 cm³/mol. The van der Waals surface area contributed by atoms with Crippen LogP contribution >= 0.6 is 8.60 Å². The third-order valence-electron chi connectivity index (χ3n) is 0.830. The minimum Gasteiger partial charge on any atom is -0.316 e. The molecule has 2 unspecified atom stereocenters. The van der Waals surface area contributed by atoms with Gasteiger partial charge < -0.3 is 13.6 Å². The van der Waals surface area contributed by atoms with E-state index in [1.165, 1.54) is 0 Å². The summed E-state index contributed by atoms with van der Waals surface area (Å²) in [7, 11) is 0.605. The summed E-state index contributed by atoms with van der Waals surface area (Å²) in [5.41, 5.74) is 0. The van der Waals surface area contributed by atoms with Crippen LogP contribution in [0.5, 0.6) is 0 Å². The molecule has 1 heterocycles. The van der Waals surface area contributed by atoms with Crippen molar-refractivity contribution in [2.24, 2.45) is 0 Å². The lowest BCUT2D eigenvalue weighted by Crippen LogP contribution is -1.99. The summed E-state index contributed by atoms with van der Waals surface area (Å²) in [4.78, 5) is 0. The second-order valence-electron chi connectivity index (χ2n) is 1.62. The van der Waals surface area contributed by atoms with Gasteiger partial charge in [0.15, 0.2) is 0 Å². The molecule has 1 aliphatic rings. The Bertz CT molecular complexity index is 77.7. The van der Waals surface area contributed by atoms with Gasteiger partial charge in [-0.3, -0.25) is 0 Å². The summed E-state index contributed by atoms with van der Waals surface area (Å²) in [5, 5.41) is 0. The summed E-state index contributed by atoms with van der Waals surface area (Å²) >= 11 is 0. The van der Waals surface area contributed by atoms with E-state index in [4.69, 9.17) is 13.6 Å². The van der Waals surface area contributed by atoms with Gasteiger partial charge in [-0.25, -0.2) is 0 Å². The van der Waals surface area contributed by atoms with Crippen molar-refractivity contribution in [3.8, 4) is 0 Å². The van der Waals surface area contributed by atoms with Gasteiger partial charge in [0.05, 0.1) is 12.7 Å². The molecule has 1 fully saturated rings. The Balaban J connectivity index is 2.22. The van der Waals surface area contributed by atoms with E-state index in [2.05, 4.69) is 0 Å². The highest BCUT2D eigenvalue weighted by Gasteiger charge is 2.23. The van der Waals surface area contributed by atoms with Crippen LogP contribution in [0.3, 0.4) is 0 Å². The smallest absolute Gasteiger partial charge is 0.316 e. The van der Waals surface area contributed by atoms with Crippen molar-refractivity contribution in [2.45, 2.75) is 13.0 Å². The first-order chi connectivity index (χ1) is 3.83. The largest absolute Gasteiger partial charge is 0.332 e. The molecule has 0 N–H and O–H groups in total. The van der Waals surface area contributed by atoms with E-state index in [1.807, 2.05) is 6.92 Å².